The van der Waals surface area contributed by atoms with Gasteiger partial charge in [0.25, 0.3) is 0 Å². The van der Waals surface area contributed by atoms with Crippen molar-refractivity contribution < 1.29 is 0 Å². The average Bonchev–Trinajstić information content (AvgIpc) is 2.81. The van der Waals surface area contributed by atoms with E-state index in [2.05, 4.69) is 24.3 Å². The summed E-state index contributed by atoms with van der Waals surface area (Å²) < 4.78 is 0. The van der Waals surface area contributed by atoms with Crippen LogP contribution in [0.2, 0.25) is 0 Å². The molecule has 0 saturated heterocycles. The topological polar surface area (TPSA) is 12.4 Å². The third-order valence-electron chi connectivity index (χ3n) is 3.54. The lowest BCUT2D eigenvalue weighted by atomic mass is 9.98. The fourth-order valence-electron chi connectivity index (χ4n) is 2.83. The summed E-state index contributed by atoms with van der Waals surface area (Å²) in [5.41, 5.74) is 2.60. The minimum absolute atomic E-state index is 0.820. The highest BCUT2D eigenvalue weighted by Gasteiger charge is 2.36. The van der Waals surface area contributed by atoms with E-state index >= 15 is 0 Å². The molecule has 2 aliphatic carbocycles. The Hall–Kier alpha value is -1.11. The minimum atomic E-state index is 0.820. The number of para-hydroxylation sites is 1. The maximum absolute atomic E-state index is 4.76. The highest BCUT2D eigenvalue weighted by molar-refractivity contribution is 5.91. The Morgan fingerprint density at radius 3 is 2.57 bits per heavy atom. The summed E-state index contributed by atoms with van der Waals surface area (Å²) in [6.45, 7) is 0. The van der Waals surface area contributed by atoms with Crippen LogP contribution in [-0.2, 0) is 0 Å². The van der Waals surface area contributed by atoms with Crippen LogP contribution in [0.1, 0.15) is 25.7 Å². The van der Waals surface area contributed by atoms with E-state index in [1.54, 1.807) is 0 Å². The fourth-order valence-corrected chi connectivity index (χ4v) is 2.83. The summed E-state index contributed by atoms with van der Waals surface area (Å²) in [7, 11) is 0. The Kier molecular flexibility index (Phi) is 1.90. The van der Waals surface area contributed by atoms with Gasteiger partial charge in [-0.25, -0.2) is 0 Å². The SMILES string of the molecule is c1ccc(N=C2CC3CCC2C3)cc1. The van der Waals surface area contributed by atoms with Crippen LogP contribution in [0.5, 0.6) is 0 Å². The molecule has 0 radical (unpaired) electrons. The summed E-state index contributed by atoms with van der Waals surface area (Å²) in [6.07, 6.45) is 5.50. The number of aliphatic imine (C=N–C) groups is 1. The van der Waals surface area contributed by atoms with E-state index in [0.29, 0.717) is 0 Å². The second-order valence-corrected chi connectivity index (χ2v) is 4.52. The molecular formula is C13H15N. The molecule has 0 heterocycles. The van der Waals surface area contributed by atoms with Crippen LogP contribution >= 0.6 is 0 Å². The molecule has 2 unspecified atom stereocenters. The number of hydrogen-bond donors (Lipinski definition) is 0. The van der Waals surface area contributed by atoms with Crippen molar-refractivity contribution in [3.63, 3.8) is 0 Å². The molecule has 1 aromatic rings. The summed E-state index contributed by atoms with van der Waals surface area (Å²) in [5, 5.41) is 0. The van der Waals surface area contributed by atoms with Crippen LogP contribution in [-0.4, -0.2) is 5.71 Å². The van der Waals surface area contributed by atoms with Crippen molar-refractivity contribution in [2.45, 2.75) is 25.7 Å². The van der Waals surface area contributed by atoms with Gasteiger partial charge in [0.15, 0.2) is 0 Å². The Balaban J connectivity index is 1.86. The van der Waals surface area contributed by atoms with E-state index in [4.69, 9.17) is 4.99 Å². The van der Waals surface area contributed by atoms with E-state index in [-0.39, 0.29) is 0 Å². The lowest BCUT2D eigenvalue weighted by molar-refractivity contribution is 0.592. The number of fused-ring (bicyclic) bond motifs is 2. The molecule has 3 rings (SSSR count). The molecule has 0 spiro atoms. The van der Waals surface area contributed by atoms with Gasteiger partial charge in [-0.05, 0) is 49.7 Å². The van der Waals surface area contributed by atoms with E-state index in [1.807, 2.05) is 6.07 Å². The van der Waals surface area contributed by atoms with Crippen LogP contribution < -0.4 is 0 Å². The predicted molar refractivity (Wildman–Crippen MR) is 59.0 cm³/mol. The van der Waals surface area contributed by atoms with Crippen LogP contribution in [0.4, 0.5) is 5.69 Å². The van der Waals surface area contributed by atoms with E-state index in [9.17, 15) is 0 Å². The minimum Gasteiger partial charge on any atom is -0.258 e. The van der Waals surface area contributed by atoms with Gasteiger partial charge in [0.1, 0.15) is 0 Å². The van der Waals surface area contributed by atoms with E-state index in [1.165, 1.54) is 31.4 Å². The second kappa shape index (κ2) is 3.23. The van der Waals surface area contributed by atoms with Crippen molar-refractivity contribution >= 4 is 11.4 Å². The van der Waals surface area contributed by atoms with Gasteiger partial charge < -0.3 is 0 Å². The molecule has 0 aliphatic heterocycles. The quantitative estimate of drug-likeness (QED) is 0.634. The molecule has 72 valence electrons. The highest BCUT2D eigenvalue weighted by Crippen LogP contribution is 2.43. The first-order chi connectivity index (χ1) is 6.92. The number of rotatable bonds is 1. The molecule has 1 heteroatoms. The van der Waals surface area contributed by atoms with Gasteiger partial charge in [-0.1, -0.05) is 18.2 Å². The maximum Gasteiger partial charge on any atom is 0.0629 e. The van der Waals surface area contributed by atoms with Crippen LogP contribution in [0.15, 0.2) is 35.3 Å². The molecule has 2 fully saturated rings. The first kappa shape index (κ1) is 8.22. The van der Waals surface area contributed by atoms with Crippen LogP contribution in [0.3, 0.4) is 0 Å². The summed E-state index contributed by atoms with van der Waals surface area (Å²) >= 11 is 0. The second-order valence-electron chi connectivity index (χ2n) is 4.52. The van der Waals surface area contributed by atoms with Crippen molar-refractivity contribution in [3.05, 3.63) is 30.3 Å². The highest BCUT2D eigenvalue weighted by atomic mass is 14.8. The zero-order valence-electron chi connectivity index (χ0n) is 8.32. The third kappa shape index (κ3) is 1.37. The molecule has 2 atom stereocenters. The summed E-state index contributed by atoms with van der Waals surface area (Å²) in [5.74, 6) is 1.78. The lowest BCUT2D eigenvalue weighted by Gasteiger charge is -2.11. The molecule has 0 amide bonds. The van der Waals surface area contributed by atoms with Gasteiger partial charge in [0.2, 0.25) is 0 Å². The summed E-state index contributed by atoms with van der Waals surface area (Å²) in [6, 6.07) is 10.4. The molecule has 14 heavy (non-hydrogen) atoms. The van der Waals surface area contributed by atoms with E-state index < -0.39 is 0 Å². The smallest absolute Gasteiger partial charge is 0.0629 e. The zero-order valence-corrected chi connectivity index (χ0v) is 8.32. The standard InChI is InChI=1S/C13H15N/c1-2-4-12(5-3-1)14-13-9-10-6-7-11(13)8-10/h1-5,10-11H,6-9H2. The van der Waals surface area contributed by atoms with Gasteiger partial charge in [-0.15, -0.1) is 0 Å². The predicted octanol–water partition coefficient (Wildman–Crippen LogP) is 3.58. The first-order valence-electron chi connectivity index (χ1n) is 5.54. The molecule has 0 aromatic heterocycles. The van der Waals surface area contributed by atoms with Crippen molar-refractivity contribution in [2.24, 2.45) is 16.8 Å². The average molecular weight is 185 g/mol. The molecule has 0 N–H and O–H groups in total. The maximum atomic E-state index is 4.76. The van der Waals surface area contributed by atoms with Crippen molar-refractivity contribution in [2.75, 3.05) is 0 Å². The summed E-state index contributed by atoms with van der Waals surface area (Å²) in [4.78, 5) is 4.76. The van der Waals surface area contributed by atoms with Crippen LogP contribution in [0, 0.1) is 11.8 Å². The normalized spacial score (nSPS) is 32.7. The Bertz CT molecular complexity index is 353. The lowest BCUT2D eigenvalue weighted by Crippen LogP contribution is -2.08. The Morgan fingerprint density at radius 1 is 1.07 bits per heavy atom. The van der Waals surface area contributed by atoms with Gasteiger partial charge in [-0.2, -0.15) is 0 Å². The van der Waals surface area contributed by atoms with Gasteiger partial charge >= 0.3 is 0 Å². The third-order valence-corrected chi connectivity index (χ3v) is 3.54. The Morgan fingerprint density at radius 2 is 1.93 bits per heavy atom. The molecule has 1 nitrogen and oxygen atoms in total. The molecule has 2 aliphatic rings. The molecular weight excluding hydrogens is 170 g/mol. The van der Waals surface area contributed by atoms with Crippen molar-refractivity contribution in [1.82, 2.24) is 0 Å². The van der Waals surface area contributed by atoms with Crippen molar-refractivity contribution in [3.8, 4) is 0 Å². The van der Waals surface area contributed by atoms with Gasteiger partial charge in [-0.3, -0.25) is 4.99 Å². The molecule has 2 saturated carbocycles. The number of hydrogen-bond acceptors (Lipinski definition) is 1. The van der Waals surface area contributed by atoms with E-state index in [0.717, 1.165) is 17.5 Å². The largest absolute Gasteiger partial charge is 0.258 e. The zero-order chi connectivity index (χ0) is 9.38. The first-order valence-corrected chi connectivity index (χ1v) is 5.54. The van der Waals surface area contributed by atoms with Gasteiger partial charge in [0, 0.05) is 5.71 Å². The number of benzene rings is 1. The van der Waals surface area contributed by atoms with Crippen molar-refractivity contribution in [1.29, 1.82) is 0 Å². The number of nitrogens with zero attached hydrogens (tertiary/aromatic N) is 1. The molecule has 2 bridgehead atoms. The monoisotopic (exact) mass is 185 g/mol. The Labute approximate surface area is 84.9 Å². The van der Waals surface area contributed by atoms with Crippen LogP contribution in [0.25, 0.3) is 0 Å². The van der Waals surface area contributed by atoms with Gasteiger partial charge in [0.05, 0.1) is 5.69 Å². The fraction of sp³-hybridized carbons (Fsp3) is 0.462. The molecule has 1 aromatic carbocycles.